The number of halogens is 5. The molecule has 4 rings (SSSR count). The third-order valence-corrected chi connectivity index (χ3v) is 7.66. The summed E-state index contributed by atoms with van der Waals surface area (Å²) in [6.45, 7) is -0.103. The van der Waals surface area contributed by atoms with E-state index in [0.29, 0.717) is 6.07 Å². The maximum Gasteiger partial charge on any atom is 0.514 e. The van der Waals surface area contributed by atoms with Gasteiger partial charge in [-0.1, -0.05) is 36.4 Å². The van der Waals surface area contributed by atoms with Gasteiger partial charge in [-0.2, -0.15) is 17.6 Å². The number of amides is 1. The number of carbonyl (C=O) groups is 4. The highest BCUT2D eigenvalue weighted by Crippen LogP contribution is 2.39. The van der Waals surface area contributed by atoms with Crippen molar-refractivity contribution < 1.29 is 65.6 Å². The Morgan fingerprint density at radius 3 is 2.13 bits per heavy atom. The fourth-order valence-electron chi connectivity index (χ4n) is 4.32. The molecule has 0 unspecified atom stereocenters. The van der Waals surface area contributed by atoms with Gasteiger partial charge in [0.05, 0.1) is 17.9 Å². The van der Waals surface area contributed by atoms with Gasteiger partial charge in [-0.15, -0.1) is 11.3 Å². The van der Waals surface area contributed by atoms with E-state index >= 15 is 8.78 Å². The van der Waals surface area contributed by atoms with Crippen molar-refractivity contribution in [2.45, 2.75) is 18.5 Å². The van der Waals surface area contributed by atoms with Gasteiger partial charge in [-0.3, -0.25) is 14.4 Å². The molecule has 16 heteroatoms. The van der Waals surface area contributed by atoms with Gasteiger partial charge >= 0.3 is 24.3 Å². The number of rotatable bonds is 11. The van der Waals surface area contributed by atoms with Crippen LogP contribution < -0.4 is 14.8 Å². The molecule has 0 radical (unpaired) electrons. The van der Waals surface area contributed by atoms with E-state index in [0.717, 1.165) is 35.6 Å². The normalized spacial score (nSPS) is 11.4. The zero-order valence-corrected chi connectivity index (χ0v) is 24.7. The van der Waals surface area contributed by atoms with Crippen molar-refractivity contribution >= 4 is 41.0 Å². The number of hydrogen-bond donors (Lipinski definition) is 3. The summed E-state index contributed by atoms with van der Waals surface area (Å²) in [5.74, 6) is -9.99. The number of carboxylic acid groups (broad SMARTS) is 2. The monoisotopic (exact) mass is 679 g/mol. The van der Waals surface area contributed by atoms with E-state index < -0.39 is 76.6 Å². The maximum absolute atomic E-state index is 15.5. The summed E-state index contributed by atoms with van der Waals surface area (Å²) < 4.78 is 84.2. The van der Waals surface area contributed by atoms with E-state index in [1.165, 1.54) is 48.7 Å². The Labute approximate surface area is 265 Å². The number of alkyl halides is 3. The minimum absolute atomic E-state index is 0.0782. The zero-order valence-electron chi connectivity index (χ0n) is 23.9. The summed E-state index contributed by atoms with van der Waals surface area (Å²) in [6, 6.07) is 12.8. The SMILES string of the molecule is CCOc1c(NC(=O)c2ccccc2-c2ccc(C(F)(F)F)cc2)cc(F)c(OC(=O)OCC(C(=O)O)(C(=O)O)c2cccs2)c1F. The van der Waals surface area contributed by atoms with Gasteiger partial charge in [0.15, 0.2) is 11.6 Å². The number of thiophene rings is 1. The van der Waals surface area contributed by atoms with Crippen LogP contribution in [-0.4, -0.2) is 47.4 Å². The van der Waals surface area contributed by atoms with Gasteiger partial charge in [-0.25, -0.2) is 9.18 Å². The van der Waals surface area contributed by atoms with Crippen LogP contribution >= 0.6 is 11.3 Å². The molecule has 0 atom stereocenters. The smallest absolute Gasteiger partial charge is 0.489 e. The van der Waals surface area contributed by atoms with Crippen molar-refractivity contribution in [2.24, 2.45) is 0 Å². The van der Waals surface area contributed by atoms with E-state index in [2.05, 4.69) is 14.8 Å². The van der Waals surface area contributed by atoms with Crippen LogP contribution in [0.25, 0.3) is 11.1 Å². The minimum Gasteiger partial charge on any atom is -0.489 e. The Bertz CT molecular complexity index is 1800. The lowest BCUT2D eigenvalue weighted by molar-refractivity contribution is -0.160. The molecule has 47 heavy (non-hydrogen) atoms. The average Bonchev–Trinajstić information content (AvgIpc) is 3.56. The van der Waals surface area contributed by atoms with E-state index in [9.17, 15) is 42.6 Å². The van der Waals surface area contributed by atoms with Crippen molar-refractivity contribution in [3.05, 3.63) is 99.7 Å². The highest BCUT2D eigenvalue weighted by Gasteiger charge is 2.51. The predicted octanol–water partition coefficient (Wildman–Crippen LogP) is 6.99. The maximum atomic E-state index is 15.5. The van der Waals surface area contributed by atoms with Crippen molar-refractivity contribution in [2.75, 3.05) is 18.5 Å². The molecule has 10 nitrogen and oxygen atoms in total. The lowest BCUT2D eigenvalue weighted by Gasteiger charge is -2.23. The molecule has 3 aromatic carbocycles. The van der Waals surface area contributed by atoms with Crippen LogP contribution in [0.5, 0.6) is 11.5 Å². The minimum atomic E-state index is -4.59. The quantitative estimate of drug-likeness (QED) is 0.0661. The molecule has 1 heterocycles. The number of nitrogens with one attached hydrogen (secondary N) is 1. The van der Waals surface area contributed by atoms with Gasteiger partial charge in [0.2, 0.25) is 17.0 Å². The highest BCUT2D eigenvalue weighted by molar-refractivity contribution is 7.10. The summed E-state index contributed by atoms with van der Waals surface area (Å²) in [7, 11) is 0. The van der Waals surface area contributed by atoms with Crippen LogP contribution in [-0.2, 0) is 25.9 Å². The number of carboxylic acids is 2. The molecule has 1 aromatic heterocycles. The van der Waals surface area contributed by atoms with Gasteiger partial charge in [0.1, 0.15) is 6.61 Å². The van der Waals surface area contributed by atoms with Gasteiger partial charge < -0.3 is 29.7 Å². The van der Waals surface area contributed by atoms with Crippen molar-refractivity contribution in [1.82, 2.24) is 0 Å². The third-order valence-electron chi connectivity index (χ3n) is 6.63. The molecular formula is C31H22F5NO9S. The van der Waals surface area contributed by atoms with Crippen LogP contribution in [0.1, 0.15) is 27.7 Å². The number of aliphatic carboxylic acids is 2. The van der Waals surface area contributed by atoms with Gasteiger partial charge in [0.25, 0.3) is 5.91 Å². The molecule has 4 aromatic rings. The first-order chi connectivity index (χ1) is 22.2. The Hall–Kier alpha value is -5.51. The molecule has 0 spiro atoms. The molecule has 0 aliphatic heterocycles. The molecular weight excluding hydrogens is 657 g/mol. The first-order valence-electron chi connectivity index (χ1n) is 13.3. The van der Waals surface area contributed by atoms with Crippen LogP contribution in [0, 0.1) is 11.6 Å². The lowest BCUT2D eigenvalue weighted by Crippen LogP contribution is -2.47. The van der Waals surface area contributed by atoms with E-state index in [-0.39, 0.29) is 28.2 Å². The van der Waals surface area contributed by atoms with Crippen molar-refractivity contribution in [3.8, 4) is 22.6 Å². The lowest BCUT2D eigenvalue weighted by atomic mass is 9.87. The molecule has 0 fully saturated rings. The van der Waals surface area contributed by atoms with Crippen LogP contribution in [0.3, 0.4) is 0 Å². The second-order valence-electron chi connectivity index (χ2n) is 9.52. The first-order valence-corrected chi connectivity index (χ1v) is 14.2. The number of anilines is 1. The Morgan fingerprint density at radius 1 is 0.894 bits per heavy atom. The number of benzene rings is 3. The number of carbonyl (C=O) groups excluding carboxylic acids is 2. The highest BCUT2D eigenvalue weighted by atomic mass is 32.1. The number of ether oxygens (including phenoxy) is 3. The summed E-state index contributed by atoms with van der Waals surface area (Å²) in [5.41, 5.74) is -3.85. The Kier molecular flexibility index (Phi) is 10.1. The second kappa shape index (κ2) is 13.9. The van der Waals surface area contributed by atoms with Crippen molar-refractivity contribution in [3.63, 3.8) is 0 Å². The fourth-order valence-corrected chi connectivity index (χ4v) is 5.21. The topological polar surface area (TPSA) is 148 Å². The number of hydrogen-bond acceptors (Lipinski definition) is 8. The molecule has 3 N–H and O–H groups in total. The van der Waals surface area contributed by atoms with E-state index in [4.69, 9.17) is 4.74 Å². The summed E-state index contributed by atoms with van der Waals surface area (Å²) in [5, 5.41) is 23.0. The first kappa shape index (κ1) is 34.4. The Balaban J connectivity index is 1.59. The average molecular weight is 680 g/mol. The second-order valence-corrected chi connectivity index (χ2v) is 10.5. The van der Waals surface area contributed by atoms with E-state index in [1.807, 2.05) is 0 Å². The molecule has 0 saturated heterocycles. The van der Waals surface area contributed by atoms with E-state index in [1.54, 1.807) is 0 Å². The van der Waals surface area contributed by atoms with Gasteiger partial charge in [0, 0.05) is 16.5 Å². The molecule has 0 aliphatic rings. The molecule has 0 aliphatic carbocycles. The van der Waals surface area contributed by atoms with Crippen LogP contribution in [0.2, 0.25) is 0 Å². The van der Waals surface area contributed by atoms with Gasteiger partial charge in [-0.05, 0) is 47.7 Å². The third kappa shape index (κ3) is 7.17. The molecule has 1 amide bonds. The predicted molar refractivity (Wildman–Crippen MR) is 156 cm³/mol. The molecule has 0 bridgehead atoms. The largest absolute Gasteiger partial charge is 0.514 e. The summed E-state index contributed by atoms with van der Waals surface area (Å²) in [6.07, 6.45) is -6.44. The van der Waals surface area contributed by atoms with Crippen LogP contribution in [0.15, 0.2) is 72.1 Å². The van der Waals surface area contributed by atoms with Crippen molar-refractivity contribution in [1.29, 1.82) is 0 Å². The fraction of sp³-hybridized carbons (Fsp3) is 0.161. The molecule has 0 saturated carbocycles. The van der Waals surface area contributed by atoms with Crippen LogP contribution in [0.4, 0.5) is 32.4 Å². The molecule has 246 valence electrons. The Morgan fingerprint density at radius 2 is 1.55 bits per heavy atom. The zero-order chi connectivity index (χ0) is 34.5. The summed E-state index contributed by atoms with van der Waals surface area (Å²) >= 11 is 0.754. The standard InChI is InChI=1S/C31H22F5NO9S/c1-2-44-25-21(37-26(38)19-7-4-3-6-18(19)16-9-11-17(12-10-16)31(34,35)36)14-20(32)24(23(25)33)46-29(43)45-15-30(27(39)40,28(41)42)22-8-5-13-47-22/h3-14H,2,15H2,1H3,(H,37,38)(H,39,40)(H,41,42). The summed E-state index contributed by atoms with van der Waals surface area (Å²) in [4.78, 5) is 49.3.